The smallest absolute Gasteiger partial charge is 0.413 e. The molecule has 8 atom stereocenters. The van der Waals surface area contributed by atoms with Crippen molar-refractivity contribution < 1.29 is 24.5 Å². The van der Waals surface area contributed by atoms with E-state index in [0.717, 1.165) is 37.7 Å². The zero-order valence-electron chi connectivity index (χ0n) is 18.7. The lowest BCUT2D eigenvalue weighted by molar-refractivity contribution is -0.211. The highest BCUT2D eigenvalue weighted by atomic mass is 32.1. The monoisotopic (exact) mass is 460 g/mol. The van der Waals surface area contributed by atoms with Crippen LogP contribution in [0.25, 0.3) is 0 Å². The molecule has 7 nitrogen and oxygen atoms in total. The van der Waals surface area contributed by atoms with Crippen molar-refractivity contribution in [2.75, 3.05) is 5.32 Å². The van der Waals surface area contributed by atoms with Crippen molar-refractivity contribution in [3.63, 3.8) is 0 Å². The number of carboxylic acid groups (broad SMARTS) is 1. The molecule has 174 valence electrons. The van der Waals surface area contributed by atoms with Gasteiger partial charge in [-0.2, -0.15) is 0 Å². The van der Waals surface area contributed by atoms with Crippen molar-refractivity contribution in [2.45, 2.75) is 71.0 Å². The van der Waals surface area contributed by atoms with E-state index in [1.807, 2.05) is 6.92 Å². The van der Waals surface area contributed by atoms with Crippen molar-refractivity contribution in [2.24, 2.45) is 34.0 Å². The van der Waals surface area contributed by atoms with Gasteiger partial charge in [0.25, 0.3) is 0 Å². The van der Waals surface area contributed by atoms with Gasteiger partial charge in [-0.25, -0.2) is 9.78 Å². The average Bonchev–Trinajstić information content (AvgIpc) is 3.29. The lowest BCUT2D eigenvalue weighted by Gasteiger charge is -2.64. The zero-order chi connectivity index (χ0) is 22.9. The number of aliphatic hydroxyl groups is 1. The van der Waals surface area contributed by atoms with E-state index in [9.17, 15) is 19.8 Å². The molecule has 8 heteroatoms. The molecule has 1 aromatic rings. The second-order valence-electron chi connectivity index (χ2n) is 10.9. The third kappa shape index (κ3) is 2.91. The van der Waals surface area contributed by atoms with E-state index in [-0.39, 0.29) is 23.2 Å². The topological polar surface area (TPSA) is 109 Å². The molecular weight excluding hydrogens is 428 g/mol. The summed E-state index contributed by atoms with van der Waals surface area (Å²) in [4.78, 5) is 29.3. The normalized spacial score (nSPS) is 45.0. The second kappa shape index (κ2) is 7.29. The van der Waals surface area contributed by atoms with Crippen molar-refractivity contribution in [3.05, 3.63) is 23.7 Å². The van der Waals surface area contributed by atoms with Crippen LogP contribution < -0.4 is 5.32 Å². The molecule has 3 N–H and O–H groups in total. The van der Waals surface area contributed by atoms with Crippen LogP contribution >= 0.6 is 11.3 Å². The summed E-state index contributed by atoms with van der Waals surface area (Å²) in [5, 5.41) is 26.5. The van der Waals surface area contributed by atoms with Crippen LogP contribution in [0.15, 0.2) is 23.7 Å². The summed E-state index contributed by atoms with van der Waals surface area (Å²) in [5.41, 5.74) is -0.708. The summed E-state index contributed by atoms with van der Waals surface area (Å²) < 4.78 is 6.07. The van der Waals surface area contributed by atoms with Gasteiger partial charge in [0.05, 0.1) is 11.5 Å². The van der Waals surface area contributed by atoms with Crippen LogP contribution in [0.1, 0.15) is 58.8 Å². The Balaban J connectivity index is 1.53. The van der Waals surface area contributed by atoms with Gasteiger partial charge < -0.3 is 14.9 Å². The molecule has 0 aliphatic heterocycles. The molecule has 1 spiro atoms. The predicted molar refractivity (Wildman–Crippen MR) is 120 cm³/mol. The van der Waals surface area contributed by atoms with Crippen LogP contribution in [0, 0.1) is 34.0 Å². The van der Waals surface area contributed by atoms with Gasteiger partial charge in [-0.05, 0) is 68.3 Å². The average molecular weight is 461 g/mol. The Hall–Kier alpha value is -1.93. The maximum Gasteiger partial charge on any atom is 0.413 e. The molecule has 1 aromatic heterocycles. The van der Waals surface area contributed by atoms with E-state index < -0.39 is 35.1 Å². The van der Waals surface area contributed by atoms with E-state index in [0.29, 0.717) is 18.0 Å². The molecule has 0 aromatic carbocycles. The Morgan fingerprint density at radius 2 is 2.09 bits per heavy atom. The molecule has 4 fully saturated rings. The van der Waals surface area contributed by atoms with E-state index in [4.69, 9.17) is 4.74 Å². The molecule has 1 heterocycles. The molecule has 2 bridgehead atoms. The highest BCUT2D eigenvalue weighted by Gasteiger charge is 2.70. The third-order valence-corrected chi connectivity index (χ3v) is 10.2. The second-order valence-corrected chi connectivity index (χ2v) is 11.8. The molecule has 4 saturated carbocycles. The number of hydrogen-bond donors (Lipinski definition) is 3. The van der Waals surface area contributed by atoms with E-state index in [1.54, 1.807) is 11.6 Å². The Morgan fingerprint density at radius 1 is 1.31 bits per heavy atom. The SMILES string of the molecule is C=C1[C@H]2C[C@H](OC(=O)Nc3nccs3)[C@H]3[C@]4(C)CCC[C@@](C)(C(=O)O)[C@H]4CC[C@]3(C2)[C@@H]1O. The number of aliphatic hydroxyl groups excluding tert-OH is 1. The summed E-state index contributed by atoms with van der Waals surface area (Å²) in [6.45, 7) is 8.29. The minimum atomic E-state index is -0.806. The van der Waals surface area contributed by atoms with Crippen molar-refractivity contribution in [1.29, 1.82) is 0 Å². The van der Waals surface area contributed by atoms with Crippen LogP contribution in [-0.4, -0.2) is 39.5 Å². The number of anilines is 1. The highest BCUT2D eigenvalue weighted by molar-refractivity contribution is 7.13. The first-order valence-corrected chi connectivity index (χ1v) is 12.5. The zero-order valence-corrected chi connectivity index (χ0v) is 19.5. The Labute approximate surface area is 192 Å². The predicted octanol–water partition coefficient (Wildman–Crippen LogP) is 4.69. The third-order valence-electron chi connectivity index (χ3n) is 9.53. The van der Waals surface area contributed by atoms with Gasteiger partial charge in [-0.3, -0.25) is 10.1 Å². The number of aromatic nitrogens is 1. The summed E-state index contributed by atoms with van der Waals surface area (Å²) >= 11 is 1.33. The van der Waals surface area contributed by atoms with Crippen LogP contribution in [0.2, 0.25) is 0 Å². The van der Waals surface area contributed by atoms with Crippen LogP contribution in [0.4, 0.5) is 9.93 Å². The number of ether oxygens (including phenoxy) is 1. The molecule has 1 amide bonds. The van der Waals surface area contributed by atoms with E-state index >= 15 is 0 Å². The first kappa shape index (κ1) is 21.9. The van der Waals surface area contributed by atoms with Crippen LogP contribution in [-0.2, 0) is 9.53 Å². The van der Waals surface area contributed by atoms with Crippen LogP contribution in [0.5, 0.6) is 0 Å². The molecule has 0 radical (unpaired) electrons. The quantitative estimate of drug-likeness (QED) is 0.565. The number of carboxylic acids is 1. The van der Waals surface area contributed by atoms with Gasteiger partial charge >= 0.3 is 12.1 Å². The number of amides is 1. The standard InChI is InChI=1S/C24H32N2O5S/c1-13-14-11-15(31-21(30)26-20-25-9-10-32-20)17-22(2)6-4-7-23(3,19(28)29)16(22)5-8-24(17,12-14)18(13)27/h9-10,14-18,27H,1,4-8,11-12H2,2-3H3,(H,28,29)(H,25,26,30)/t14-,15-,16-,17-,18+,22+,23+,24+/m0/s1. The van der Waals surface area contributed by atoms with E-state index in [2.05, 4.69) is 23.8 Å². The van der Waals surface area contributed by atoms with Gasteiger partial charge in [-0.15, -0.1) is 11.3 Å². The maximum atomic E-state index is 12.8. The largest absolute Gasteiger partial charge is 0.481 e. The number of carbonyl (C=O) groups excluding carboxylic acids is 1. The molecule has 32 heavy (non-hydrogen) atoms. The first-order valence-electron chi connectivity index (χ1n) is 11.6. The lowest BCUT2D eigenvalue weighted by Crippen LogP contribution is -2.63. The Morgan fingerprint density at radius 3 is 2.78 bits per heavy atom. The number of nitrogens with one attached hydrogen (secondary N) is 1. The highest BCUT2D eigenvalue weighted by Crippen LogP contribution is 2.72. The molecule has 5 rings (SSSR count). The van der Waals surface area contributed by atoms with Crippen molar-refractivity contribution in [1.82, 2.24) is 4.98 Å². The Kier molecular flexibility index (Phi) is 4.98. The minimum Gasteiger partial charge on any atom is -0.481 e. The fourth-order valence-corrected chi connectivity index (χ4v) is 8.86. The number of fused-ring (bicyclic) bond motifs is 3. The number of hydrogen-bond acceptors (Lipinski definition) is 6. The van der Waals surface area contributed by atoms with Gasteiger partial charge in [0.15, 0.2) is 5.13 Å². The molecule has 4 aliphatic rings. The van der Waals surface area contributed by atoms with E-state index in [1.165, 1.54) is 11.3 Å². The summed E-state index contributed by atoms with van der Waals surface area (Å²) in [5.74, 6) is -0.759. The summed E-state index contributed by atoms with van der Waals surface area (Å²) in [7, 11) is 0. The number of nitrogens with zero attached hydrogens (tertiary/aromatic N) is 1. The van der Waals surface area contributed by atoms with Gasteiger partial charge in [0, 0.05) is 22.9 Å². The molecule has 0 unspecified atom stereocenters. The molecular formula is C24H32N2O5S. The first-order chi connectivity index (χ1) is 15.1. The fourth-order valence-electron chi connectivity index (χ4n) is 8.35. The number of thiazole rings is 1. The Bertz CT molecular complexity index is 950. The van der Waals surface area contributed by atoms with Crippen molar-refractivity contribution in [3.8, 4) is 0 Å². The van der Waals surface area contributed by atoms with Gasteiger partial charge in [0.2, 0.25) is 0 Å². The summed E-state index contributed by atoms with van der Waals surface area (Å²) in [6.07, 6.45) is 5.40. The van der Waals surface area contributed by atoms with Gasteiger partial charge in [-0.1, -0.05) is 19.9 Å². The lowest BCUT2D eigenvalue weighted by atomic mass is 9.40. The summed E-state index contributed by atoms with van der Waals surface area (Å²) in [6, 6.07) is 0. The number of aliphatic carboxylic acids is 1. The van der Waals surface area contributed by atoms with Gasteiger partial charge in [0.1, 0.15) is 6.10 Å². The molecule has 4 aliphatic carbocycles. The maximum absolute atomic E-state index is 12.8. The van der Waals surface area contributed by atoms with Crippen molar-refractivity contribution >= 4 is 28.5 Å². The number of carbonyl (C=O) groups is 2. The minimum absolute atomic E-state index is 0.0254. The number of rotatable bonds is 3. The van der Waals surface area contributed by atoms with Crippen LogP contribution in [0.3, 0.4) is 0 Å². The fraction of sp³-hybridized carbons (Fsp3) is 0.708. The molecule has 0 saturated heterocycles.